The van der Waals surface area contributed by atoms with Gasteiger partial charge in [0.25, 0.3) is 5.91 Å². The summed E-state index contributed by atoms with van der Waals surface area (Å²) in [5, 5.41) is 9.16. The van der Waals surface area contributed by atoms with Gasteiger partial charge in [-0.1, -0.05) is 18.2 Å². The van der Waals surface area contributed by atoms with Crippen molar-refractivity contribution in [3.8, 4) is 0 Å². The van der Waals surface area contributed by atoms with Gasteiger partial charge >= 0.3 is 0 Å². The molecule has 1 aromatic carbocycles. The maximum atomic E-state index is 13.0. The Morgan fingerprint density at radius 1 is 1.29 bits per heavy atom. The third kappa shape index (κ3) is 3.38. The second-order valence-electron chi connectivity index (χ2n) is 7.71. The summed E-state index contributed by atoms with van der Waals surface area (Å²) in [6.45, 7) is 4.56. The van der Waals surface area contributed by atoms with Gasteiger partial charge in [-0.05, 0) is 30.9 Å². The average Bonchev–Trinajstić information content (AvgIpc) is 3.35. The summed E-state index contributed by atoms with van der Waals surface area (Å²) < 4.78 is 7.55. The number of rotatable bonds is 4. The molecule has 1 amide bonds. The van der Waals surface area contributed by atoms with Crippen molar-refractivity contribution in [2.45, 2.75) is 25.9 Å². The lowest BCUT2D eigenvalue weighted by molar-refractivity contribution is 0.0595. The van der Waals surface area contributed by atoms with E-state index in [1.54, 1.807) is 0 Å². The van der Waals surface area contributed by atoms with E-state index in [0.717, 1.165) is 55.1 Å². The highest BCUT2D eigenvalue weighted by atomic mass is 16.5. The zero-order valence-corrected chi connectivity index (χ0v) is 15.9. The zero-order chi connectivity index (χ0) is 18.9. The molecule has 0 saturated carbocycles. The molecule has 0 spiro atoms. The number of nitrogens with one attached hydrogen (secondary N) is 2. The molecular weight excluding hydrogens is 354 g/mol. The predicted molar refractivity (Wildman–Crippen MR) is 107 cm³/mol. The standard InChI is InChI=1S/C21H25N5O2/c27-21(19-10-16-5-1-2-6-18(16)23-19)25-7-8-26-17(13-25)11-20(24-26)22-12-15-4-3-9-28-14-15/h1-2,5-6,10-11,15,23H,3-4,7-9,12-14H2,(H,22,24). The van der Waals surface area contributed by atoms with Crippen LogP contribution in [0.3, 0.4) is 0 Å². The number of nitrogens with zero attached hydrogens (tertiary/aromatic N) is 3. The van der Waals surface area contributed by atoms with Gasteiger partial charge in [-0.2, -0.15) is 5.10 Å². The third-order valence-corrected chi connectivity index (χ3v) is 5.67. The average molecular weight is 379 g/mol. The van der Waals surface area contributed by atoms with Crippen molar-refractivity contribution in [2.24, 2.45) is 5.92 Å². The van der Waals surface area contributed by atoms with E-state index >= 15 is 0 Å². The lowest BCUT2D eigenvalue weighted by Gasteiger charge is -2.27. The third-order valence-electron chi connectivity index (χ3n) is 5.67. The highest BCUT2D eigenvalue weighted by molar-refractivity contribution is 5.98. The Hall–Kier alpha value is -2.80. The topological polar surface area (TPSA) is 75.2 Å². The van der Waals surface area contributed by atoms with Crippen molar-refractivity contribution in [2.75, 3.05) is 31.6 Å². The molecule has 2 aliphatic rings. The molecule has 146 valence electrons. The van der Waals surface area contributed by atoms with Crippen LogP contribution in [0, 0.1) is 5.92 Å². The van der Waals surface area contributed by atoms with Crippen LogP contribution in [0.5, 0.6) is 0 Å². The highest BCUT2D eigenvalue weighted by Gasteiger charge is 2.24. The molecule has 28 heavy (non-hydrogen) atoms. The lowest BCUT2D eigenvalue weighted by Crippen LogP contribution is -2.38. The van der Waals surface area contributed by atoms with Gasteiger partial charge in [0.2, 0.25) is 0 Å². The summed E-state index contributed by atoms with van der Waals surface area (Å²) in [7, 11) is 0. The van der Waals surface area contributed by atoms with E-state index in [1.165, 1.54) is 6.42 Å². The van der Waals surface area contributed by atoms with Crippen molar-refractivity contribution in [1.82, 2.24) is 19.7 Å². The van der Waals surface area contributed by atoms with E-state index in [0.29, 0.717) is 24.7 Å². The van der Waals surface area contributed by atoms with E-state index in [1.807, 2.05) is 39.9 Å². The number of benzene rings is 1. The first-order valence-electron chi connectivity index (χ1n) is 10.0. The molecule has 2 aliphatic heterocycles. The van der Waals surface area contributed by atoms with Crippen LogP contribution in [0.2, 0.25) is 0 Å². The van der Waals surface area contributed by atoms with E-state index in [-0.39, 0.29) is 5.91 Å². The van der Waals surface area contributed by atoms with Crippen molar-refractivity contribution >= 4 is 22.6 Å². The minimum Gasteiger partial charge on any atom is -0.381 e. The van der Waals surface area contributed by atoms with E-state index in [4.69, 9.17) is 4.74 Å². The van der Waals surface area contributed by atoms with Gasteiger partial charge in [-0.25, -0.2) is 0 Å². The quantitative estimate of drug-likeness (QED) is 0.731. The Morgan fingerprint density at radius 2 is 2.21 bits per heavy atom. The largest absolute Gasteiger partial charge is 0.381 e. The molecule has 7 nitrogen and oxygen atoms in total. The van der Waals surface area contributed by atoms with Gasteiger partial charge in [-0.3, -0.25) is 9.48 Å². The summed E-state index contributed by atoms with van der Waals surface area (Å²) in [4.78, 5) is 18.1. The number of para-hydroxylation sites is 1. The number of aromatic nitrogens is 3. The number of H-pyrrole nitrogens is 1. The number of hydrogen-bond donors (Lipinski definition) is 2. The molecular formula is C21H25N5O2. The van der Waals surface area contributed by atoms with Crippen LogP contribution in [0.15, 0.2) is 36.4 Å². The molecule has 7 heteroatoms. The van der Waals surface area contributed by atoms with E-state index < -0.39 is 0 Å². The van der Waals surface area contributed by atoms with E-state index in [9.17, 15) is 4.79 Å². The molecule has 4 heterocycles. The van der Waals surface area contributed by atoms with Crippen LogP contribution in [-0.2, 0) is 17.8 Å². The van der Waals surface area contributed by atoms with Gasteiger partial charge in [0, 0.05) is 36.7 Å². The van der Waals surface area contributed by atoms with Crippen LogP contribution in [0.1, 0.15) is 29.0 Å². The summed E-state index contributed by atoms with van der Waals surface area (Å²) in [6, 6.07) is 12.0. The second-order valence-corrected chi connectivity index (χ2v) is 7.71. The molecule has 1 saturated heterocycles. The van der Waals surface area contributed by atoms with E-state index in [2.05, 4.69) is 21.5 Å². The van der Waals surface area contributed by atoms with Gasteiger partial charge in [0.1, 0.15) is 11.5 Å². The first-order valence-corrected chi connectivity index (χ1v) is 10.0. The van der Waals surface area contributed by atoms with Crippen LogP contribution >= 0.6 is 0 Å². The van der Waals surface area contributed by atoms with Gasteiger partial charge in [0.15, 0.2) is 0 Å². The Balaban J connectivity index is 1.25. The number of anilines is 1. The molecule has 2 N–H and O–H groups in total. The fraction of sp³-hybridized carbons (Fsp3) is 0.429. The monoisotopic (exact) mass is 379 g/mol. The summed E-state index contributed by atoms with van der Waals surface area (Å²) in [5.74, 6) is 1.48. The molecule has 1 atom stereocenters. The second kappa shape index (κ2) is 7.31. The summed E-state index contributed by atoms with van der Waals surface area (Å²) in [6.07, 6.45) is 2.34. The number of ether oxygens (including phenoxy) is 1. The smallest absolute Gasteiger partial charge is 0.270 e. The van der Waals surface area contributed by atoms with Gasteiger partial charge in [0.05, 0.1) is 25.4 Å². The highest BCUT2D eigenvalue weighted by Crippen LogP contribution is 2.21. The Bertz CT molecular complexity index is 953. The summed E-state index contributed by atoms with van der Waals surface area (Å²) >= 11 is 0. The number of aromatic amines is 1. The number of carbonyl (C=O) groups is 1. The zero-order valence-electron chi connectivity index (χ0n) is 15.9. The van der Waals surface area contributed by atoms with Crippen LogP contribution in [-0.4, -0.2) is 51.9 Å². The molecule has 5 rings (SSSR count). The minimum absolute atomic E-state index is 0.0394. The normalized spacial score (nSPS) is 19.6. The maximum Gasteiger partial charge on any atom is 0.270 e. The number of hydrogen-bond acceptors (Lipinski definition) is 4. The van der Waals surface area contributed by atoms with Gasteiger partial charge < -0.3 is 19.9 Å². The Morgan fingerprint density at radius 3 is 3.07 bits per heavy atom. The van der Waals surface area contributed by atoms with Gasteiger partial charge in [-0.15, -0.1) is 0 Å². The Labute approximate surface area is 163 Å². The predicted octanol–water partition coefficient (Wildman–Crippen LogP) is 2.86. The van der Waals surface area contributed by atoms with Crippen molar-refractivity contribution in [3.63, 3.8) is 0 Å². The molecule has 2 aromatic heterocycles. The molecule has 0 bridgehead atoms. The van der Waals surface area contributed by atoms with Crippen LogP contribution < -0.4 is 5.32 Å². The number of fused-ring (bicyclic) bond motifs is 2. The SMILES string of the molecule is O=C(c1cc2ccccc2[nH]1)N1CCn2nc(NCC3CCCOC3)cc2C1. The lowest BCUT2D eigenvalue weighted by atomic mass is 10.0. The van der Waals surface area contributed by atoms with Crippen molar-refractivity contribution < 1.29 is 9.53 Å². The summed E-state index contributed by atoms with van der Waals surface area (Å²) in [5.41, 5.74) is 2.70. The first kappa shape index (κ1) is 17.3. The molecule has 0 aliphatic carbocycles. The Kier molecular flexibility index (Phi) is 4.52. The fourth-order valence-corrected chi connectivity index (χ4v) is 4.10. The van der Waals surface area contributed by atoms with Crippen molar-refractivity contribution in [3.05, 3.63) is 47.8 Å². The first-order chi connectivity index (χ1) is 13.8. The van der Waals surface area contributed by atoms with Crippen LogP contribution in [0.4, 0.5) is 5.82 Å². The minimum atomic E-state index is 0.0394. The maximum absolute atomic E-state index is 13.0. The molecule has 1 fully saturated rings. The molecule has 0 radical (unpaired) electrons. The fourth-order valence-electron chi connectivity index (χ4n) is 4.10. The number of amides is 1. The number of carbonyl (C=O) groups excluding carboxylic acids is 1. The van der Waals surface area contributed by atoms with Crippen molar-refractivity contribution in [1.29, 1.82) is 0 Å². The van der Waals surface area contributed by atoms with Crippen LogP contribution in [0.25, 0.3) is 10.9 Å². The molecule has 3 aromatic rings. The molecule has 1 unspecified atom stereocenters.